The maximum Gasteiger partial charge on any atom is 0.162 e. The lowest BCUT2D eigenvalue weighted by Gasteiger charge is -2.22. The second kappa shape index (κ2) is 5.44. The Bertz CT molecular complexity index is 421. The average Bonchev–Trinajstić information content (AvgIpc) is 2.34. The van der Waals surface area contributed by atoms with Crippen molar-refractivity contribution >= 4 is 0 Å². The van der Waals surface area contributed by atoms with Crippen molar-refractivity contribution < 1.29 is 8.78 Å². The molecule has 1 atom stereocenters. The summed E-state index contributed by atoms with van der Waals surface area (Å²) in [6, 6.07) is 4.49. The largest absolute Gasteiger partial charge is 0.204 e. The number of benzene rings is 1. The average molecular weight is 236 g/mol. The third kappa shape index (κ3) is 2.74. The Balaban J connectivity index is 2.13. The molecule has 0 heterocycles. The number of allylic oxidation sites excluding steroid dienone is 2. The fourth-order valence-electron chi connectivity index (χ4n) is 2.55. The Morgan fingerprint density at radius 1 is 1.29 bits per heavy atom. The van der Waals surface area contributed by atoms with Crippen molar-refractivity contribution in [2.24, 2.45) is 0 Å². The van der Waals surface area contributed by atoms with E-state index >= 15 is 0 Å². The summed E-state index contributed by atoms with van der Waals surface area (Å²) in [6.45, 7) is 2.17. The van der Waals surface area contributed by atoms with E-state index in [0.717, 1.165) is 32.1 Å². The fourth-order valence-corrected chi connectivity index (χ4v) is 2.55. The van der Waals surface area contributed by atoms with Crippen LogP contribution in [0.3, 0.4) is 0 Å². The van der Waals surface area contributed by atoms with Crippen LogP contribution in [0.2, 0.25) is 0 Å². The van der Waals surface area contributed by atoms with Crippen LogP contribution in [0, 0.1) is 11.6 Å². The second-order valence-corrected chi connectivity index (χ2v) is 4.73. The minimum Gasteiger partial charge on any atom is -0.204 e. The van der Waals surface area contributed by atoms with Gasteiger partial charge in [0.2, 0.25) is 0 Å². The van der Waals surface area contributed by atoms with Crippen molar-refractivity contribution in [2.45, 2.75) is 44.9 Å². The maximum atomic E-state index is 13.6. The smallest absolute Gasteiger partial charge is 0.162 e. The van der Waals surface area contributed by atoms with E-state index in [9.17, 15) is 8.78 Å². The van der Waals surface area contributed by atoms with E-state index in [4.69, 9.17) is 0 Å². The van der Waals surface area contributed by atoms with Crippen LogP contribution in [0.4, 0.5) is 8.78 Å². The third-order valence-electron chi connectivity index (χ3n) is 3.50. The highest BCUT2D eigenvalue weighted by atomic mass is 19.2. The Kier molecular flexibility index (Phi) is 3.93. The van der Waals surface area contributed by atoms with Crippen molar-refractivity contribution in [2.75, 3.05) is 0 Å². The van der Waals surface area contributed by atoms with Crippen LogP contribution in [-0.2, 0) is 0 Å². The van der Waals surface area contributed by atoms with E-state index < -0.39 is 11.6 Å². The molecule has 17 heavy (non-hydrogen) atoms. The molecule has 2 rings (SSSR count). The zero-order valence-electron chi connectivity index (χ0n) is 10.2. The van der Waals surface area contributed by atoms with Crippen LogP contribution >= 0.6 is 0 Å². The highest BCUT2D eigenvalue weighted by Crippen LogP contribution is 2.35. The molecule has 0 bridgehead atoms. The first kappa shape index (κ1) is 12.3. The molecule has 0 N–H and O–H groups in total. The van der Waals surface area contributed by atoms with Gasteiger partial charge in [0.15, 0.2) is 11.6 Å². The maximum absolute atomic E-state index is 13.6. The molecule has 0 aliphatic heterocycles. The summed E-state index contributed by atoms with van der Waals surface area (Å²) in [5.41, 5.74) is 2.01. The first-order valence-electron chi connectivity index (χ1n) is 6.34. The van der Waals surface area contributed by atoms with Gasteiger partial charge in [-0.05, 0) is 43.2 Å². The quantitative estimate of drug-likeness (QED) is 0.651. The summed E-state index contributed by atoms with van der Waals surface area (Å²) < 4.78 is 26.8. The predicted octanol–water partition coefficient (Wildman–Crippen LogP) is 4.96. The van der Waals surface area contributed by atoms with Gasteiger partial charge in [-0.15, -0.1) is 0 Å². The van der Waals surface area contributed by atoms with Gasteiger partial charge in [0.1, 0.15) is 0 Å². The van der Waals surface area contributed by atoms with Gasteiger partial charge >= 0.3 is 0 Å². The summed E-state index contributed by atoms with van der Waals surface area (Å²) in [5, 5.41) is 0. The van der Waals surface area contributed by atoms with E-state index in [0.29, 0.717) is 5.56 Å². The number of hydrogen-bond acceptors (Lipinski definition) is 0. The fraction of sp³-hybridized carbons (Fsp3) is 0.467. The molecule has 0 radical (unpaired) electrons. The molecule has 0 fully saturated rings. The normalized spacial score (nSPS) is 20.2. The van der Waals surface area contributed by atoms with E-state index in [1.165, 1.54) is 11.6 Å². The van der Waals surface area contributed by atoms with Crippen molar-refractivity contribution in [3.8, 4) is 0 Å². The van der Waals surface area contributed by atoms with E-state index in [1.807, 2.05) is 0 Å². The number of hydrogen-bond donors (Lipinski definition) is 0. The molecule has 0 aromatic heterocycles. The Morgan fingerprint density at radius 2 is 2.12 bits per heavy atom. The van der Waals surface area contributed by atoms with Gasteiger partial charge in [0.25, 0.3) is 0 Å². The topological polar surface area (TPSA) is 0 Å². The van der Waals surface area contributed by atoms with E-state index in [-0.39, 0.29) is 5.92 Å². The molecule has 0 saturated heterocycles. The number of halogens is 2. The molecule has 92 valence electrons. The van der Waals surface area contributed by atoms with Crippen molar-refractivity contribution in [1.29, 1.82) is 0 Å². The Hall–Kier alpha value is -1.18. The van der Waals surface area contributed by atoms with Gasteiger partial charge in [-0.3, -0.25) is 0 Å². The predicted molar refractivity (Wildman–Crippen MR) is 65.9 cm³/mol. The zero-order chi connectivity index (χ0) is 12.3. The molecular formula is C15H18F2. The lowest BCUT2D eigenvalue weighted by Crippen LogP contribution is -2.07. The lowest BCUT2D eigenvalue weighted by atomic mass is 9.83. The van der Waals surface area contributed by atoms with Gasteiger partial charge in [-0.25, -0.2) is 8.78 Å². The third-order valence-corrected chi connectivity index (χ3v) is 3.50. The molecule has 1 aromatic rings. The molecular weight excluding hydrogens is 218 g/mol. The lowest BCUT2D eigenvalue weighted by molar-refractivity contribution is 0.476. The standard InChI is InChI=1S/C15H18F2/c1-2-4-11-7-9-12(10-8-11)13-5-3-6-14(16)15(13)17/h3,5-7,12H,2,4,8-10H2,1H3. The molecule has 1 aliphatic carbocycles. The van der Waals surface area contributed by atoms with Gasteiger partial charge in [0.05, 0.1) is 0 Å². The summed E-state index contributed by atoms with van der Waals surface area (Å²) in [4.78, 5) is 0. The van der Waals surface area contributed by atoms with Crippen LogP contribution in [-0.4, -0.2) is 0 Å². The molecule has 1 unspecified atom stereocenters. The number of rotatable bonds is 3. The zero-order valence-corrected chi connectivity index (χ0v) is 10.2. The first-order valence-corrected chi connectivity index (χ1v) is 6.34. The monoisotopic (exact) mass is 236 g/mol. The van der Waals surface area contributed by atoms with Crippen molar-refractivity contribution in [3.63, 3.8) is 0 Å². The van der Waals surface area contributed by atoms with Crippen LogP contribution in [0.15, 0.2) is 29.8 Å². The van der Waals surface area contributed by atoms with Gasteiger partial charge in [0, 0.05) is 0 Å². The van der Waals surface area contributed by atoms with Gasteiger partial charge in [-0.1, -0.05) is 37.1 Å². The summed E-state index contributed by atoms with van der Waals surface area (Å²) >= 11 is 0. The van der Waals surface area contributed by atoms with Gasteiger partial charge in [-0.2, -0.15) is 0 Å². The van der Waals surface area contributed by atoms with Crippen molar-refractivity contribution in [3.05, 3.63) is 47.0 Å². The summed E-state index contributed by atoms with van der Waals surface area (Å²) in [7, 11) is 0. The van der Waals surface area contributed by atoms with Crippen LogP contribution < -0.4 is 0 Å². The molecule has 0 nitrogen and oxygen atoms in total. The van der Waals surface area contributed by atoms with E-state index in [2.05, 4.69) is 13.0 Å². The molecule has 1 aliphatic rings. The van der Waals surface area contributed by atoms with Crippen LogP contribution in [0.5, 0.6) is 0 Å². The Labute approximate surface area is 101 Å². The highest BCUT2D eigenvalue weighted by molar-refractivity contribution is 5.26. The molecule has 0 amide bonds. The second-order valence-electron chi connectivity index (χ2n) is 4.73. The minimum absolute atomic E-state index is 0.145. The summed E-state index contributed by atoms with van der Waals surface area (Å²) in [5.74, 6) is -1.25. The van der Waals surface area contributed by atoms with Gasteiger partial charge < -0.3 is 0 Å². The highest BCUT2D eigenvalue weighted by Gasteiger charge is 2.20. The molecule has 1 aromatic carbocycles. The van der Waals surface area contributed by atoms with Crippen LogP contribution in [0.25, 0.3) is 0 Å². The molecule has 2 heteroatoms. The van der Waals surface area contributed by atoms with Crippen molar-refractivity contribution in [1.82, 2.24) is 0 Å². The SMILES string of the molecule is CCCC1=CCC(c2cccc(F)c2F)CC1. The van der Waals surface area contributed by atoms with Crippen LogP contribution in [0.1, 0.15) is 50.5 Å². The minimum atomic E-state index is -0.731. The van der Waals surface area contributed by atoms with E-state index in [1.54, 1.807) is 12.1 Å². The first-order chi connectivity index (χ1) is 8.22. The summed E-state index contributed by atoms with van der Waals surface area (Å²) in [6.07, 6.45) is 7.31. The molecule has 0 spiro atoms. The Morgan fingerprint density at radius 3 is 2.76 bits per heavy atom. The molecule has 0 saturated carbocycles.